The van der Waals surface area contributed by atoms with Crippen molar-refractivity contribution in [2.24, 2.45) is 0 Å². The number of benzene rings is 1. The largest absolute Gasteiger partial charge is 0.363 e. The van der Waals surface area contributed by atoms with Crippen molar-refractivity contribution in [2.45, 2.75) is 25.4 Å². The molecule has 1 saturated heterocycles. The van der Waals surface area contributed by atoms with E-state index in [2.05, 4.69) is 83.3 Å². The van der Waals surface area contributed by atoms with Crippen molar-refractivity contribution in [2.75, 3.05) is 38.6 Å². The topological polar surface area (TPSA) is 18.5 Å². The monoisotopic (exact) mass is 325 g/mol. The highest BCUT2D eigenvalue weighted by Gasteiger charge is 2.34. The first-order chi connectivity index (χ1) is 8.90. The second kappa shape index (κ2) is 5.81. The van der Waals surface area contributed by atoms with Crippen LogP contribution in [0, 0.1) is 0 Å². The SMILES string of the molecule is CN(C)CC1CN(c2ccccc2Br)C(C)(C)CN1. The van der Waals surface area contributed by atoms with Gasteiger partial charge in [0.05, 0.1) is 5.69 Å². The summed E-state index contributed by atoms with van der Waals surface area (Å²) in [6.07, 6.45) is 0. The molecule has 1 fully saturated rings. The summed E-state index contributed by atoms with van der Waals surface area (Å²) in [4.78, 5) is 4.76. The van der Waals surface area contributed by atoms with E-state index in [4.69, 9.17) is 0 Å². The molecule has 1 aromatic rings. The summed E-state index contributed by atoms with van der Waals surface area (Å²) in [5, 5.41) is 3.66. The molecule has 4 heteroatoms. The predicted molar refractivity (Wildman–Crippen MR) is 85.9 cm³/mol. The van der Waals surface area contributed by atoms with Gasteiger partial charge in [0.2, 0.25) is 0 Å². The van der Waals surface area contributed by atoms with E-state index >= 15 is 0 Å². The lowest BCUT2D eigenvalue weighted by molar-refractivity contribution is 0.270. The van der Waals surface area contributed by atoms with Crippen LogP contribution in [-0.4, -0.2) is 50.2 Å². The Morgan fingerprint density at radius 3 is 2.68 bits per heavy atom. The lowest BCUT2D eigenvalue weighted by Gasteiger charge is -2.48. The molecule has 1 atom stereocenters. The zero-order valence-electron chi connectivity index (χ0n) is 12.3. The summed E-state index contributed by atoms with van der Waals surface area (Å²) < 4.78 is 1.17. The van der Waals surface area contributed by atoms with Crippen LogP contribution < -0.4 is 10.2 Å². The molecule has 1 unspecified atom stereocenters. The van der Waals surface area contributed by atoms with Crippen LogP contribution in [0.3, 0.4) is 0 Å². The van der Waals surface area contributed by atoms with Crippen molar-refractivity contribution in [1.82, 2.24) is 10.2 Å². The van der Waals surface area contributed by atoms with E-state index in [1.54, 1.807) is 0 Å². The molecule has 106 valence electrons. The molecule has 0 bridgehead atoms. The summed E-state index contributed by atoms with van der Waals surface area (Å²) >= 11 is 3.68. The number of likely N-dealkylation sites (N-methyl/N-ethyl adjacent to an activating group) is 1. The number of rotatable bonds is 3. The van der Waals surface area contributed by atoms with Gasteiger partial charge >= 0.3 is 0 Å². The molecule has 0 aliphatic carbocycles. The van der Waals surface area contributed by atoms with Crippen LogP contribution in [0.4, 0.5) is 5.69 Å². The maximum Gasteiger partial charge on any atom is 0.0516 e. The fourth-order valence-electron chi connectivity index (χ4n) is 2.68. The van der Waals surface area contributed by atoms with E-state index in [0.29, 0.717) is 6.04 Å². The third kappa shape index (κ3) is 3.50. The van der Waals surface area contributed by atoms with Crippen LogP contribution >= 0.6 is 15.9 Å². The van der Waals surface area contributed by atoms with Crippen LogP contribution in [0.1, 0.15) is 13.8 Å². The highest BCUT2D eigenvalue weighted by Crippen LogP contribution is 2.32. The molecule has 1 heterocycles. The van der Waals surface area contributed by atoms with E-state index in [9.17, 15) is 0 Å². The quantitative estimate of drug-likeness (QED) is 0.921. The summed E-state index contributed by atoms with van der Waals surface area (Å²) in [7, 11) is 4.26. The lowest BCUT2D eigenvalue weighted by atomic mass is 9.96. The molecule has 2 rings (SSSR count). The Bertz CT molecular complexity index is 431. The zero-order valence-corrected chi connectivity index (χ0v) is 13.9. The minimum absolute atomic E-state index is 0.132. The number of hydrogen-bond acceptors (Lipinski definition) is 3. The first kappa shape index (κ1) is 14.8. The zero-order chi connectivity index (χ0) is 14.0. The molecule has 0 radical (unpaired) electrons. The Hall–Kier alpha value is -0.580. The number of hydrogen-bond donors (Lipinski definition) is 1. The Morgan fingerprint density at radius 2 is 2.05 bits per heavy atom. The van der Waals surface area contributed by atoms with E-state index in [1.807, 2.05) is 0 Å². The summed E-state index contributed by atoms with van der Waals surface area (Å²) in [6.45, 7) is 7.70. The maximum absolute atomic E-state index is 3.68. The average Bonchev–Trinajstić information content (AvgIpc) is 2.32. The number of halogens is 1. The van der Waals surface area contributed by atoms with Crippen molar-refractivity contribution in [3.05, 3.63) is 28.7 Å². The van der Waals surface area contributed by atoms with Crippen molar-refractivity contribution in [1.29, 1.82) is 0 Å². The highest BCUT2D eigenvalue weighted by molar-refractivity contribution is 9.10. The third-order valence-corrected chi connectivity index (χ3v) is 4.36. The molecule has 1 aliphatic heterocycles. The molecule has 3 nitrogen and oxygen atoms in total. The lowest BCUT2D eigenvalue weighted by Crippen LogP contribution is -2.64. The van der Waals surface area contributed by atoms with Gasteiger partial charge in [-0.05, 0) is 56.0 Å². The van der Waals surface area contributed by atoms with Gasteiger partial charge in [-0.25, -0.2) is 0 Å². The van der Waals surface area contributed by atoms with Gasteiger partial charge in [0, 0.05) is 35.7 Å². The van der Waals surface area contributed by atoms with Crippen LogP contribution in [0.25, 0.3) is 0 Å². The Morgan fingerprint density at radius 1 is 1.37 bits per heavy atom. The number of nitrogens with zero attached hydrogens (tertiary/aromatic N) is 2. The van der Waals surface area contributed by atoms with Gasteiger partial charge in [0.25, 0.3) is 0 Å². The molecule has 0 spiro atoms. The molecular weight excluding hydrogens is 302 g/mol. The Labute approximate surface area is 125 Å². The van der Waals surface area contributed by atoms with Crippen molar-refractivity contribution >= 4 is 21.6 Å². The molecular formula is C15H24BrN3. The number of anilines is 1. The normalized spacial score (nSPS) is 22.8. The van der Waals surface area contributed by atoms with Gasteiger partial charge in [-0.15, -0.1) is 0 Å². The number of piperazine rings is 1. The second-order valence-corrected chi connectivity index (χ2v) is 7.07. The molecule has 19 heavy (non-hydrogen) atoms. The van der Waals surface area contributed by atoms with E-state index in [0.717, 1.165) is 19.6 Å². The van der Waals surface area contributed by atoms with Crippen LogP contribution in [0.15, 0.2) is 28.7 Å². The van der Waals surface area contributed by atoms with Gasteiger partial charge in [-0.3, -0.25) is 0 Å². The van der Waals surface area contributed by atoms with Crippen LogP contribution in [0.5, 0.6) is 0 Å². The molecule has 0 amide bonds. The Kier molecular flexibility index (Phi) is 4.54. The summed E-state index contributed by atoms with van der Waals surface area (Å²) in [5.41, 5.74) is 1.42. The summed E-state index contributed by atoms with van der Waals surface area (Å²) in [5.74, 6) is 0. The summed E-state index contributed by atoms with van der Waals surface area (Å²) in [6, 6.07) is 9.01. The minimum Gasteiger partial charge on any atom is -0.363 e. The smallest absolute Gasteiger partial charge is 0.0516 e. The van der Waals surface area contributed by atoms with Gasteiger partial charge < -0.3 is 15.1 Å². The van der Waals surface area contributed by atoms with E-state index in [1.165, 1.54) is 10.2 Å². The Balaban J connectivity index is 2.22. The molecule has 1 aliphatic rings. The number of para-hydroxylation sites is 1. The van der Waals surface area contributed by atoms with E-state index < -0.39 is 0 Å². The van der Waals surface area contributed by atoms with Crippen LogP contribution in [-0.2, 0) is 0 Å². The van der Waals surface area contributed by atoms with Crippen molar-refractivity contribution in [3.63, 3.8) is 0 Å². The number of nitrogens with one attached hydrogen (secondary N) is 1. The standard InChI is InChI=1S/C15H24BrN3/c1-15(2)11-17-12(9-18(3)4)10-19(15)14-8-6-5-7-13(14)16/h5-8,12,17H,9-11H2,1-4H3. The maximum atomic E-state index is 3.68. The third-order valence-electron chi connectivity index (χ3n) is 3.69. The molecule has 1 N–H and O–H groups in total. The second-order valence-electron chi connectivity index (χ2n) is 6.21. The van der Waals surface area contributed by atoms with Crippen molar-refractivity contribution in [3.8, 4) is 0 Å². The minimum atomic E-state index is 0.132. The van der Waals surface area contributed by atoms with Gasteiger partial charge in [0.15, 0.2) is 0 Å². The van der Waals surface area contributed by atoms with Crippen LogP contribution in [0.2, 0.25) is 0 Å². The van der Waals surface area contributed by atoms with Gasteiger partial charge in [-0.1, -0.05) is 12.1 Å². The van der Waals surface area contributed by atoms with E-state index in [-0.39, 0.29) is 5.54 Å². The fraction of sp³-hybridized carbons (Fsp3) is 0.600. The highest BCUT2D eigenvalue weighted by atomic mass is 79.9. The molecule has 1 aromatic carbocycles. The molecule has 0 saturated carbocycles. The van der Waals surface area contributed by atoms with Crippen molar-refractivity contribution < 1.29 is 0 Å². The first-order valence-corrected chi connectivity index (χ1v) is 7.60. The van der Waals surface area contributed by atoms with Gasteiger partial charge in [0.1, 0.15) is 0 Å². The average molecular weight is 326 g/mol. The predicted octanol–water partition coefficient (Wildman–Crippen LogP) is 2.57. The van der Waals surface area contributed by atoms with Gasteiger partial charge in [-0.2, -0.15) is 0 Å². The fourth-order valence-corrected chi connectivity index (χ4v) is 3.18. The molecule has 0 aromatic heterocycles. The first-order valence-electron chi connectivity index (χ1n) is 6.80.